The number of methoxy groups -OCH3 is 2. The fourth-order valence-electron chi connectivity index (χ4n) is 2.01. The predicted molar refractivity (Wildman–Crippen MR) is 79.9 cm³/mol. The highest BCUT2D eigenvalue weighted by Crippen LogP contribution is 2.22. The third kappa shape index (κ3) is 3.83. The number of ether oxygens (including phenoxy) is 2. The van der Waals surface area contributed by atoms with E-state index < -0.39 is 6.10 Å². The summed E-state index contributed by atoms with van der Waals surface area (Å²) in [5, 5.41) is 10.1. The summed E-state index contributed by atoms with van der Waals surface area (Å²) in [5.41, 5.74) is 1.25. The van der Waals surface area contributed by atoms with Crippen molar-refractivity contribution in [1.82, 2.24) is 0 Å². The molecule has 0 bridgehead atoms. The Morgan fingerprint density at radius 1 is 0.952 bits per heavy atom. The van der Waals surface area contributed by atoms with Gasteiger partial charge < -0.3 is 14.6 Å². The van der Waals surface area contributed by atoms with E-state index in [0.29, 0.717) is 22.6 Å². The smallest absolute Gasteiger partial charge is 0.165 e. The summed E-state index contributed by atoms with van der Waals surface area (Å²) >= 11 is 0. The molecular weight excluding hydrogens is 268 g/mol. The summed E-state index contributed by atoms with van der Waals surface area (Å²) < 4.78 is 10.1. The lowest BCUT2D eigenvalue weighted by atomic mass is 10.00. The topological polar surface area (TPSA) is 55.8 Å². The van der Waals surface area contributed by atoms with E-state index in [2.05, 4.69) is 0 Å². The molecule has 1 unspecified atom stereocenters. The van der Waals surface area contributed by atoms with E-state index >= 15 is 0 Å². The predicted octanol–water partition coefficient (Wildman–Crippen LogP) is 3.01. The van der Waals surface area contributed by atoms with Crippen LogP contribution < -0.4 is 9.47 Å². The standard InChI is InChI=1S/C17H18O4/c1-20-14-7-3-12(4-8-14)16(18)11-17(19)13-5-9-15(21-2)10-6-13/h3-10,16,18H,11H2,1-2H3. The molecule has 2 aromatic rings. The second-order valence-corrected chi connectivity index (χ2v) is 4.64. The number of carbonyl (C=O) groups excluding carboxylic acids is 1. The normalized spacial score (nSPS) is 11.8. The first-order chi connectivity index (χ1) is 10.1. The summed E-state index contributed by atoms with van der Waals surface area (Å²) in [6.07, 6.45) is -0.788. The van der Waals surface area contributed by atoms with Gasteiger partial charge in [-0.15, -0.1) is 0 Å². The van der Waals surface area contributed by atoms with Gasteiger partial charge in [-0.05, 0) is 42.0 Å². The number of aliphatic hydroxyl groups excluding tert-OH is 1. The molecule has 2 rings (SSSR count). The van der Waals surface area contributed by atoms with E-state index in [1.165, 1.54) is 0 Å². The minimum Gasteiger partial charge on any atom is -0.497 e. The van der Waals surface area contributed by atoms with Crippen LogP contribution in [0.15, 0.2) is 48.5 Å². The van der Waals surface area contributed by atoms with Crippen molar-refractivity contribution in [2.24, 2.45) is 0 Å². The van der Waals surface area contributed by atoms with Crippen LogP contribution in [0.4, 0.5) is 0 Å². The lowest BCUT2D eigenvalue weighted by molar-refractivity contribution is 0.0880. The summed E-state index contributed by atoms with van der Waals surface area (Å²) in [6, 6.07) is 13.9. The fourth-order valence-corrected chi connectivity index (χ4v) is 2.01. The first kappa shape index (κ1) is 15.1. The molecule has 0 amide bonds. The van der Waals surface area contributed by atoms with Crippen LogP contribution in [0.2, 0.25) is 0 Å². The van der Waals surface area contributed by atoms with Gasteiger partial charge in [-0.3, -0.25) is 4.79 Å². The van der Waals surface area contributed by atoms with Crippen molar-refractivity contribution in [2.75, 3.05) is 14.2 Å². The highest BCUT2D eigenvalue weighted by molar-refractivity contribution is 5.96. The number of ketones is 1. The van der Waals surface area contributed by atoms with Gasteiger partial charge in [0, 0.05) is 12.0 Å². The van der Waals surface area contributed by atoms with Gasteiger partial charge in [0.15, 0.2) is 5.78 Å². The molecule has 110 valence electrons. The largest absolute Gasteiger partial charge is 0.497 e. The van der Waals surface area contributed by atoms with Crippen LogP contribution in [0, 0.1) is 0 Å². The molecule has 0 saturated heterocycles. The Labute approximate surface area is 123 Å². The molecule has 0 aliphatic heterocycles. The maximum absolute atomic E-state index is 12.1. The Balaban J connectivity index is 2.03. The highest BCUT2D eigenvalue weighted by atomic mass is 16.5. The first-order valence-corrected chi connectivity index (χ1v) is 6.63. The van der Waals surface area contributed by atoms with Crippen molar-refractivity contribution in [3.63, 3.8) is 0 Å². The minimum atomic E-state index is -0.828. The number of aliphatic hydroxyl groups is 1. The first-order valence-electron chi connectivity index (χ1n) is 6.63. The van der Waals surface area contributed by atoms with Crippen LogP contribution in [-0.2, 0) is 0 Å². The van der Waals surface area contributed by atoms with Crippen molar-refractivity contribution >= 4 is 5.78 Å². The Morgan fingerprint density at radius 2 is 1.43 bits per heavy atom. The molecule has 0 saturated carbocycles. The Bertz CT molecular complexity index is 587. The van der Waals surface area contributed by atoms with Gasteiger partial charge in [-0.25, -0.2) is 0 Å². The van der Waals surface area contributed by atoms with Crippen LogP contribution in [0.1, 0.15) is 28.4 Å². The minimum absolute atomic E-state index is 0.0403. The highest BCUT2D eigenvalue weighted by Gasteiger charge is 2.14. The molecule has 4 nitrogen and oxygen atoms in total. The van der Waals surface area contributed by atoms with Crippen LogP contribution in [0.5, 0.6) is 11.5 Å². The lowest BCUT2D eigenvalue weighted by Gasteiger charge is -2.11. The zero-order valence-electron chi connectivity index (χ0n) is 12.1. The average Bonchev–Trinajstić information content (AvgIpc) is 2.55. The number of rotatable bonds is 6. The van der Waals surface area contributed by atoms with E-state index in [4.69, 9.17) is 9.47 Å². The zero-order chi connectivity index (χ0) is 15.2. The SMILES string of the molecule is COc1ccc(C(=O)CC(O)c2ccc(OC)cc2)cc1. The van der Waals surface area contributed by atoms with Gasteiger partial charge in [0.2, 0.25) is 0 Å². The van der Waals surface area contributed by atoms with E-state index in [0.717, 1.165) is 0 Å². The molecule has 0 aliphatic rings. The van der Waals surface area contributed by atoms with Crippen LogP contribution in [0.3, 0.4) is 0 Å². The van der Waals surface area contributed by atoms with Crippen LogP contribution >= 0.6 is 0 Å². The van der Waals surface area contributed by atoms with Crippen molar-refractivity contribution in [2.45, 2.75) is 12.5 Å². The summed E-state index contributed by atoms with van der Waals surface area (Å²) in [7, 11) is 3.16. The quantitative estimate of drug-likeness (QED) is 0.829. The monoisotopic (exact) mass is 286 g/mol. The fraction of sp³-hybridized carbons (Fsp3) is 0.235. The Kier molecular flexibility index (Phi) is 4.95. The molecule has 1 atom stereocenters. The number of hydrogen-bond acceptors (Lipinski definition) is 4. The average molecular weight is 286 g/mol. The molecule has 0 radical (unpaired) electrons. The van der Waals surface area contributed by atoms with Crippen LogP contribution in [-0.4, -0.2) is 25.1 Å². The molecule has 0 fully saturated rings. The third-order valence-electron chi connectivity index (χ3n) is 3.29. The molecule has 21 heavy (non-hydrogen) atoms. The molecule has 0 spiro atoms. The van der Waals surface area contributed by atoms with Gasteiger partial charge in [-0.1, -0.05) is 12.1 Å². The summed E-state index contributed by atoms with van der Waals surface area (Å²) in [6.45, 7) is 0. The maximum atomic E-state index is 12.1. The molecule has 2 aromatic carbocycles. The third-order valence-corrected chi connectivity index (χ3v) is 3.29. The lowest BCUT2D eigenvalue weighted by Crippen LogP contribution is -2.07. The van der Waals surface area contributed by atoms with Gasteiger partial charge in [0.05, 0.1) is 20.3 Å². The van der Waals surface area contributed by atoms with Crippen molar-refractivity contribution in [3.8, 4) is 11.5 Å². The van der Waals surface area contributed by atoms with Crippen molar-refractivity contribution < 1.29 is 19.4 Å². The summed E-state index contributed by atoms with van der Waals surface area (Å²) in [4.78, 5) is 12.1. The molecule has 0 aromatic heterocycles. The maximum Gasteiger partial charge on any atom is 0.165 e. The molecule has 0 heterocycles. The van der Waals surface area contributed by atoms with E-state index in [1.807, 2.05) is 0 Å². The molecule has 1 N–H and O–H groups in total. The van der Waals surface area contributed by atoms with Crippen molar-refractivity contribution in [1.29, 1.82) is 0 Å². The van der Waals surface area contributed by atoms with Gasteiger partial charge in [0.1, 0.15) is 11.5 Å². The number of Topliss-reactive ketones (excluding diaryl/α,β-unsaturated/α-hetero) is 1. The summed E-state index contributed by atoms with van der Waals surface area (Å²) in [5.74, 6) is 1.30. The molecule has 0 aliphatic carbocycles. The second-order valence-electron chi connectivity index (χ2n) is 4.64. The number of hydrogen-bond donors (Lipinski definition) is 1. The van der Waals surface area contributed by atoms with Gasteiger partial charge in [0.25, 0.3) is 0 Å². The van der Waals surface area contributed by atoms with E-state index in [1.54, 1.807) is 62.8 Å². The molecular formula is C17H18O4. The Hall–Kier alpha value is -2.33. The second kappa shape index (κ2) is 6.90. The van der Waals surface area contributed by atoms with Crippen LogP contribution in [0.25, 0.3) is 0 Å². The van der Waals surface area contributed by atoms with Crippen molar-refractivity contribution in [3.05, 3.63) is 59.7 Å². The number of carbonyl (C=O) groups is 1. The van der Waals surface area contributed by atoms with E-state index in [-0.39, 0.29) is 12.2 Å². The van der Waals surface area contributed by atoms with Gasteiger partial charge in [-0.2, -0.15) is 0 Å². The molecule has 4 heteroatoms. The number of benzene rings is 2. The van der Waals surface area contributed by atoms with E-state index in [9.17, 15) is 9.90 Å². The zero-order valence-corrected chi connectivity index (χ0v) is 12.1. The Morgan fingerprint density at radius 3 is 1.90 bits per heavy atom. The van der Waals surface area contributed by atoms with Gasteiger partial charge >= 0.3 is 0 Å².